The summed E-state index contributed by atoms with van der Waals surface area (Å²) >= 11 is 0. The number of carbonyl (C=O) groups excluding carboxylic acids is 1. The summed E-state index contributed by atoms with van der Waals surface area (Å²) in [6.07, 6.45) is 1.78. The Morgan fingerprint density at radius 2 is 1.96 bits per heavy atom. The number of hydrogen-bond donors (Lipinski definition) is 0. The second-order valence-electron chi connectivity index (χ2n) is 6.23. The van der Waals surface area contributed by atoms with Crippen molar-refractivity contribution in [3.63, 3.8) is 0 Å². The van der Waals surface area contributed by atoms with Crippen molar-refractivity contribution in [1.82, 2.24) is 4.90 Å². The highest BCUT2D eigenvalue weighted by molar-refractivity contribution is 5.92. The second kappa shape index (κ2) is 9.64. The molecule has 1 aromatic carbocycles. The first-order valence-corrected chi connectivity index (χ1v) is 8.22. The van der Waals surface area contributed by atoms with Gasteiger partial charge in [0.1, 0.15) is 5.75 Å². The van der Waals surface area contributed by atoms with Crippen LogP contribution in [0.5, 0.6) is 5.75 Å². The van der Waals surface area contributed by atoms with Gasteiger partial charge in [-0.15, -0.1) is 12.4 Å². The van der Waals surface area contributed by atoms with E-state index in [-0.39, 0.29) is 12.4 Å². The molecule has 2 unspecified atom stereocenters. The molecule has 6 heteroatoms. The zero-order valence-corrected chi connectivity index (χ0v) is 15.6. The van der Waals surface area contributed by atoms with Crippen LogP contribution >= 0.6 is 12.4 Å². The van der Waals surface area contributed by atoms with Gasteiger partial charge in [-0.05, 0) is 44.7 Å². The standard InChI is InChI=1S/C18H26N2O3.ClH/c1-5-10-22-16-8-6-15(7-9-16)18(21)23-19-17-11-14(3)20(4)12-13(17)2;/h6-9,13-14H,5,10-12H2,1-4H3;1H. The van der Waals surface area contributed by atoms with Gasteiger partial charge in [-0.3, -0.25) is 0 Å². The Labute approximate surface area is 150 Å². The Hall–Kier alpha value is -1.59. The van der Waals surface area contributed by atoms with E-state index in [0.29, 0.717) is 24.1 Å². The first-order chi connectivity index (χ1) is 11.0. The molecule has 0 N–H and O–H groups in total. The van der Waals surface area contributed by atoms with E-state index in [1.165, 1.54) is 0 Å². The van der Waals surface area contributed by atoms with Gasteiger partial charge in [0.15, 0.2) is 0 Å². The van der Waals surface area contributed by atoms with Gasteiger partial charge < -0.3 is 14.5 Å². The van der Waals surface area contributed by atoms with Crippen molar-refractivity contribution in [1.29, 1.82) is 0 Å². The normalized spacial score (nSPS) is 22.8. The van der Waals surface area contributed by atoms with Gasteiger partial charge in [-0.1, -0.05) is 19.0 Å². The van der Waals surface area contributed by atoms with Crippen molar-refractivity contribution in [3.05, 3.63) is 29.8 Å². The maximum Gasteiger partial charge on any atom is 0.365 e. The molecule has 1 fully saturated rings. The summed E-state index contributed by atoms with van der Waals surface area (Å²) in [5, 5.41) is 4.11. The molecular formula is C18H27ClN2O3. The molecule has 1 aromatic rings. The zero-order valence-electron chi connectivity index (χ0n) is 14.8. The van der Waals surface area contributed by atoms with Crippen LogP contribution in [0.2, 0.25) is 0 Å². The maximum atomic E-state index is 12.1. The van der Waals surface area contributed by atoms with E-state index in [1.807, 2.05) is 0 Å². The van der Waals surface area contributed by atoms with Gasteiger partial charge in [-0.25, -0.2) is 4.79 Å². The SMILES string of the molecule is CCCOc1ccc(C(=O)ON=C2CC(C)N(C)CC2C)cc1.Cl. The lowest BCUT2D eigenvalue weighted by Gasteiger charge is -2.34. The molecule has 0 radical (unpaired) electrons. The van der Waals surface area contributed by atoms with Crippen LogP contribution in [0.25, 0.3) is 0 Å². The largest absolute Gasteiger partial charge is 0.494 e. The Balaban J connectivity index is 0.00000288. The summed E-state index contributed by atoms with van der Waals surface area (Å²) in [5.74, 6) is 0.625. The fourth-order valence-corrected chi connectivity index (χ4v) is 2.56. The van der Waals surface area contributed by atoms with E-state index < -0.39 is 5.97 Å². The molecule has 0 saturated carbocycles. The number of likely N-dealkylation sites (tertiary alicyclic amines) is 1. The van der Waals surface area contributed by atoms with Gasteiger partial charge in [-0.2, -0.15) is 0 Å². The van der Waals surface area contributed by atoms with E-state index in [2.05, 4.69) is 37.9 Å². The van der Waals surface area contributed by atoms with Crippen LogP contribution in [0.1, 0.15) is 44.0 Å². The summed E-state index contributed by atoms with van der Waals surface area (Å²) in [6, 6.07) is 7.38. The number of hydrogen-bond acceptors (Lipinski definition) is 5. The van der Waals surface area contributed by atoms with E-state index >= 15 is 0 Å². The molecule has 0 spiro atoms. The van der Waals surface area contributed by atoms with Gasteiger partial charge in [0.2, 0.25) is 0 Å². The Bertz CT molecular complexity index is 560. The number of oxime groups is 1. The topological polar surface area (TPSA) is 51.1 Å². The summed E-state index contributed by atoms with van der Waals surface area (Å²) in [4.78, 5) is 19.5. The molecule has 0 amide bonds. The number of carbonyl (C=O) groups is 1. The lowest BCUT2D eigenvalue weighted by molar-refractivity contribution is 0.0508. The highest BCUT2D eigenvalue weighted by Crippen LogP contribution is 2.19. The molecule has 2 rings (SSSR count). The van der Waals surface area contributed by atoms with E-state index in [1.54, 1.807) is 24.3 Å². The molecular weight excluding hydrogens is 328 g/mol. The third-order valence-corrected chi connectivity index (χ3v) is 4.20. The lowest BCUT2D eigenvalue weighted by Crippen LogP contribution is -2.43. The molecule has 1 aliphatic heterocycles. The lowest BCUT2D eigenvalue weighted by atomic mass is 9.93. The fourth-order valence-electron chi connectivity index (χ4n) is 2.56. The van der Waals surface area contributed by atoms with E-state index in [9.17, 15) is 4.79 Å². The fraction of sp³-hybridized carbons (Fsp3) is 0.556. The van der Waals surface area contributed by atoms with Crippen LogP contribution in [-0.2, 0) is 4.84 Å². The summed E-state index contributed by atoms with van der Waals surface area (Å²) in [6.45, 7) is 7.91. The minimum absolute atomic E-state index is 0. The van der Waals surface area contributed by atoms with E-state index in [0.717, 1.165) is 30.8 Å². The third-order valence-electron chi connectivity index (χ3n) is 4.20. The van der Waals surface area contributed by atoms with Crippen LogP contribution in [0.4, 0.5) is 0 Å². The van der Waals surface area contributed by atoms with Gasteiger partial charge in [0.25, 0.3) is 0 Å². The van der Waals surface area contributed by atoms with Crippen molar-refractivity contribution in [2.24, 2.45) is 11.1 Å². The number of rotatable bonds is 5. The molecule has 0 aromatic heterocycles. The summed E-state index contributed by atoms with van der Waals surface area (Å²) in [7, 11) is 2.10. The number of ether oxygens (including phenoxy) is 1. The first kappa shape index (κ1) is 20.5. The van der Waals surface area contributed by atoms with Crippen LogP contribution in [-0.4, -0.2) is 42.8 Å². The molecule has 1 heterocycles. The molecule has 0 aliphatic carbocycles. The van der Waals surface area contributed by atoms with Crippen LogP contribution in [0, 0.1) is 5.92 Å². The van der Waals surface area contributed by atoms with E-state index in [4.69, 9.17) is 9.57 Å². The number of benzene rings is 1. The molecule has 1 aliphatic rings. The Morgan fingerprint density at radius 3 is 2.58 bits per heavy atom. The second-order valence-corrected chi connectivity index (χ2v) is 6.23. The van der Waals surface area contributed by atoms with Gasteiger partial charge in [0, 0.05) is 24.9 Å². The molecule has 0 bridgehead atoms. The van der Waals surface area contributed by atoms with Crippen molar-refractivity contribution < 1.29 is 14.4 Å². The average molecular weight is 355 g/mol. The minimum Gasteiger partial charge on any atom is -0.494 e. The Morgan fingerprint density at radius 1 is 1.29 bits per heavy atom. The minimum atomic E-state index is -0.432. The number of halogens is 1. The smallest absolute Gasteiger partial charge is 0.365 e. The molecule has 1 saturated heterocycles. The molecule has 2 atom stereocenters. The van der Waals surface area contributed by atoms with Gasteiger partial charge >= 0.3 is 5.97 Å². The van der Waals surface area contributed by atoms with Crippen molar-refractivity contribution in [3.8, 4) is 5.75 Å². The number of nitrogens with zero attached hydrogens (tertiary/aromatic N) is 2. The first-order valence-electron chi connectivity index (χ1n) is 8.22. The van der Waals surface area contributed by atoms with Crippen LogP contribution in [0.3, 0.4) is 0 Å². The highest BCUT2D eigenvalue weighted by atomic mass is 35.5. The Kier molecular flexibility index (Phi) is 8.22. The quantitative estimate of drug-likeness (QED) is 0.596. The van der Waals surface area contributed by atoms with Crippen LogP contribution < -0.4 is 4.74 Å². The monoisotopic (exact) mass is 354 g/mol. The zero-order chi connectivity index (χ0) is 16.8. The average Bonchev–Trinajstić information content (AvgIpc) is 2.55. The predicted molar refractivity (Wildman–Crippen MR) is 98.2 cm³/mol. The third kappa shape index (κ3) is 5.49. The van der Waals surface area contributed by atoms with Crippen molar-refractivity contribution >= 4 is 24.1 Å². The van der Waals surface area contributed by atoms with Crippen LogP contribution in [0.15, 0.2) is 29.4 Å². The summed E-state index contributed by atoms with van der Waals surface area (Å²) < 4.78 is 5.50. The highest BCUT2D eigenvalue weighted by Gasteiger charge is 2.26. The number of piperidine rings is 1. The van der Waals surface area contributed by atoms with Crippen molar-refractivity contribution in [2.75, 3.05) is 20.2 Å². The van der Waals surface area contributed by atoms with Gasteiger partial charge in [0.05, 0.1) is 17.9 Å². The predicted octanol–water partition coefficient (Wildman–Crippen LogP) is 3.77. The maximum absolute atomic E-state index is 12.1. The molecule has 5 nitrogen and oxygen atoms in total. The molecule has 134 valence electrons. The summed E-state index contributed by atoms with van der Waals surface area (Å²) in [5.41, 5.74) is 1.43. The van der Waals surface area contributed by atoms with Crippen molar-refractivity contribution in [2.45, 2.75) is 39.7 Å². The molecule has 24 heavy (non-hydrogen) atoms.